The van der Waals surface area contributed by atoms with Crippen LogP contribution in [0.5, 0.6) is 0 Å². The number of fused-ring (bicyclic) bond motifs is 1. The minimum absolute atomic E-state index is 0.0679. The SMILES string of the molecule is CC(NCCc1cc(F)cc(F)c1)c1cn2ccccc2n1. The lowest BCUT2D eigenvalue weighted by atomic mass is 10.1. The zero-order valence-electron chi connectivity index (χ0n) is 12.3. The lowest BCUT2D eigenvalue weighted by molar-refractivity contribution is 0.557. The fourth-order valence-electron chi connectivity index (χ4n) is 2.46. The topological polar surface area (TPSA) is 29.3 Å². The average molecular weight is 301 g/mol. The summed E-state index contributed by atoms with van der Waals surface area (Å²) < 4.78 is 28.2. The molecule has 114 valence electrons. The Kier molecular flexibility index (Phi) is 4.15. The van der Waals surface area contributed by atoms with Gasteiger partial charge in [0, 0.05) is 24.5 Å². The Bertz CT molecular complexity index is 729. The van der Waals surface area contributed by atoms with Crippen molar-refractivity contribution in [2.24, 2.45) is 0 Å². The number of aromatic nitrogens is 2. The summed E-state index contributed by atoms with van der Waals surface area (Å²) in [6.45, 7) is 2.64. The molecule has 0 amide bonds. The van der Waals surface area contributed by atoms with Crippen LogP contribution in [0.15, 0.2) is 48.8 Å². The molecule has 3 nitrogen and oxygen atoms in total. The predicted molar refractivity (Wildman–Crippen MR) is 81.7 cm³/mol. The van der Waals surface area contributed by atoms with E-state index in [-0.39, 0.29) is 6.04 Å². The molecule has 5 heteroatoms. The fourth-order valence-corrected chi connectivity index (χ4v) is 2.46. The molecule has 3 aromatic rings. The number of imidazole rings is 1. The highest BCUT2D eigenvalue weighted by Gasteiger charge is 2.09. The van der Waals surface area contributed by atoms with E-state index >= 15 is 0 Å². The zero-order valence-corrected chi connectivity index (χ0v) is 12.3. The van der Waals surface area contributed by atoms with E-state index in [4.69, 9.17) is 0 Å². The van der Waals surface area contributed by atoms with Gasteiger partial charge in [0.05, 0.1) is 5.69 Å². The average Bonchev–Trinajstić information content (AvgIpc) is 2.90. The largest absolute Gasteiger partial charge is 0.308 e. The molecule has 2 heterocycles. The monoisotopic (exact) mass is 301 g/mol. The summed E-state index contributed by atoms with van der Waals surface area (Å²) in [6.07, 6.45) is 4.50. The van der Waals surface area contributed by atoms with E-state index < -0.39 is 11.6 Å². The number of rotatable bonds is 5. The van der Waals surface area contributed by atoms with E-state index in [2.05, 4.69) is 10.3 Å². The van der Waals surface area contributed by atoms with Gasteiger partial charge in [-0.1, -0.05) is 6.07 Å². The van der Waals surface area contributed by atoms with Crippen LogP contribution in [0.25, 0.3) is 5.65 Å². The van der Waals surface area contributed by atoms with E-state index in [1.54, 1.807) is 0 Å². The summed E-state index contributed by atoms with van der Waals surface area (Å²) in [5.41, 5.74) is 2.49. The molecule has 0 saturated heterocycles. The first kappa shape index (κ1) is 14.7. The van der Waals surface area contributed by atoms with Crippen molar-refractivity contribution in [2.45, 2.75) is 19.4 Å². The summed E-state index contributed by atoms with van der Waals surface area (Å²) in [5, 5.41) is 3.33. The van der Waals surface area contributed by atoms with Gasteiger partial charge in [-0.05, 0) is 49.7 Å². The molecule has 22 heavy (non-hydrogen) atoms. The van der Waals surface area contributed by atoms with Gasteiger partial charge in [-0.2, -0.15) is 0 Å². The van der Waals surface area contributed by atoms with Gasteiger partial charge >= 0.3 is 0 Å². The Morgan fingerprint density at radius 2 is 1.95 bits per heavy atom. The fraction of sp³-hybridized carbons (Fsp3) is 0.235. The number of halogens is 2. The van der Waals surface area contributed by atoms with Gasteiger partial charge in [0.25, 0.3) is 0 Å². The van der Waals surface area contributed by atoms with Crippen LogP contribution in [0.2, 0.25) is 0 Å². The van der Waals surface area contributed by atoms with E-state index in [1.165, 1.54) is 12.1 Å². The standard InChI is InChI=1S/C17H17F2N3/c1-12(16-11-22-7-3-2-4-17(22)21-16)20-6-5-13-8-14(18)10-15(19)9-13/h2-4,7-12,20H,5-6H2,1H3. The maximum Gasteiger partial charge on any atom is 0.137 e. The molecule has 1 aromatic carbocycles. The Hall–Kier alpha value is -2.27. The van der Waals surface area contributed by atoms with Crippen molar-refractivity contribution in [3.8, 4) is 0 Å². The Labute approximate surface area is 127 Å². The Morgan fingerprint density at radius 1 is 1.18 bits per heavy atom. The van der Waals surface area contributed by atoms with Gasteiger partial charge in [0.15, 0.2) is 0 Å². The van der Waals surface area contributed by atoms with Crippen LogP contribution >= 0.6 is 0 Å². The van der Waals surface area contributed by atoms with Gasteiger partial charge in [0.1, 0.15) is 17.3 Å². The summed E-state index contributed by atoms with van der Waals surface area (Å²) in [5.74, 6) is -1.08. The van der Waals surface area contributed by atoms with Crippen LogP contribution in [-0.2, 0) is 6.42 Å². The van der Waals surface area contributed by atoms with Crippen LogP contribution in [0, 0.1) is 11.6 Å². The molecule has 0 spiro atoms. The van der Waals surface area contributed by atoms with Crippen molar-refractivity contribution in [1.29, 1.82) is 0 Å². The van der Waals surface area contributed by atoms with Crippen LogP contribution in [0.1, 0.15) is 24.2 Å². The highest BCUT2D eigenvalue weighted by atomic mass is 19.1. The summed E-state index contributed by atoms with van der Waals surface area (Å²) in [4.78, 5) is 4.55. The van der Waals surface area contributed by atoms with E-state index in [0.29, 0.717) is 18.5 Å². The summed E-state index contributed by atoms with van der Waals surface area (Å²) in [6, 6.07) is 9.53. The normalized spacial score (nSPS) is 12.7. The molecule has 1 unspecified atom stereocenters. The molecular weight excluding hydrogens is 284 g/mol. The number of nitrogens with zero attached hydrogens (tertiary/aromatic N) is 2. The summed E-state index contributed by atoms with van der Waals surface area (Å²) in [7, 11) is 0. The maximum atomic E-state index is 13.1. The van der Waals surface area contributed by atoms with Gasteiger partial charge in [-0.3, -0.25) is 0 Å². The molecule has 3 rings (SSSR count). The molecule has 0 aliphatic heterocycles. The second-order valence-corrected chi connectivity index (χ2v) is 5.34. The lowest BCUT2D eigenvalue weighted by Crippen LogP contribution is -2.21. The van der Waals surface area contributed by atoms with Gasteiger partial charge in [0.2, 0.25) is 0 Å². The lowest BCUT2D eigenvalue weighted by Gasteiger charge is -2.11. The van der Waals surface area contributed by atoms with Crippen molar-refractivity contribution in [2.75, 3.05) is 6.54 Å². The van der Waals surface area contributed by atoms with E-state index in [9.17, 15) is 8.78 Å². The highest BCUT2D eigenvalue weighted by molar-refractivity contribution is 5.39. The highest BCUT2D eigenvalue weighted by Crippen LogP contribution is 2.13. The summed E-state index contributed by atoms with van der Waals surface area (Å²) >= 11 is 0. The Balaban J connectivity index is 1.61. The van der Waals surface area contributed by atoms with Crippen LogP contribution in [0.4, 0.5) is 8.78 Å². The first-order chi connectivity index (χ1) is 10.6. The van der Waals surface area contributed by atoms with Gasteiger partial charge in [-0.15, -0.1) is 0 Å². The van der Waals surface area contributed by atoms with Crippen LogP contribution in [0.3, 0.4) is 0 Å². The molecular formula is C17H17F2N3. The zero-order chi connectivity index (χ0) is 15.5. The number of pyridine rings is 1. The van der Waals surface area contributed by atoms with E-state index in [0.717, 1.165) is 17.4 Å². The maximum absolute atomic E-state index is 13.1. The number of nitrogens with one attached hydrogen (secondary N) is 1. The number of hydrogen-bond donors (Lipinski definition) is 1. The molecule has 0 fully saturated rings. The Morgan fingerprint density at radius 3 is 2.68 bits per heavy atom. The number of benzene rings is 1. The minimum Gasteiger partial charge on any atom is -0.308 e. The number of hydrogen-bond acceptors (Lipinski definition) is 2. The smallest absolute Gasteiger partial charge is 0.137 e. The third-order valence-electron chi connectivity index (χ3n) is 3.61. The van der Waals surface area contributed by atoms with Crippen LogP contribution in [-0.4, -0.2) is 15.9 Å². The molecule has 0 radical (unpaired) electrons. The first-order valence-electron chi connectivity index (χ1n) is 7.24. The second-order valence-electron chi connectivity index (χ2n) is 5.34. The predicted octanol–water partition coefficient (Wildman–Crippen LogP) is 3.51. The van der Waals surface area contributed by atoms with Crippen molar-refractivity contribution >= 4 is 5.65 Å². The second kappa shape index (κ2) is 6.23. The molecule has 0 aliphatic carbocycles. The van der Waals surface area contributed by atoms with Crippen molar-refractivity contribution in [3.63, 3.8) is 0 Å². The van der Waals surface area contributed by atoms with Crippen molar-refractivity contribution in [1.82, 2.24) is 14.7 Å². The third kappa shape index (κ3) is 3.31. The molecule has 1 atom stereocenters. The minimum atomic E-state index is -0.539. The van der Waals surface area contributed by atoms with E-state index in [1.807, 2.05) is 41.9 Å². The molecule has 2 aromatic heterocycles. The third-order valence-corrected chi connectivity index (χ3v) is 3.61. The van der Waals surface area contributed by atoms with Crippen LogP contribution < -0.4 is 5.32 Å². The molecule has 0 bridgehead atoms. The molecule has 1 N–H and O–H groups in total. The van der Waals surface area contributed by atoms with Crippen molar-refractivity contribution in [3.05, 3.63) is 71.7 Å². The van der Waals surface area contributed by atoms with Crippen molar-refractivity contribution < 1.29 is 8.78 Å². The molecule has 0 aliphatic rings. The quantitative estimate of drug-likeness (QED) is 0.781. The van der Waals surface area contributed by atoms with Gasteiger partial charge in [-0.25, -0.2) is 13.8 Å². The molecule has 0 saturated carbocycles. The van der Waals surface area contributed by atoms with Gasteiger partial charge < -0.3 is 9.72 Å². The first-order valence-corrected chi connectivity index (χ1v) is 7.24.